The molecule has 0 amide bonds. The largest absolute Gasteiger partial charge is 0.456 e. The van der Waals surface area contributed by atoms with E-state index in [2.05, 4.69) is 15.9 Å². The van der Waals surface area contributed by atoms with Crippen LogP contribution >= 0.6 is 15.9 Å². The predicted molar refractivity (Wildman–Crippen MR) is 66.7 cm³/mol. The molecule has 0 atom stereocenters. The second kappa shape index (κ2) is 5.80. The van der Waals surface area contributed by atoms with Crippen LogP contribution in [-0.2, 0) is 18.0 Å². The zero-order valence-corrected chi connectivity index (χ0v) is 10.6. The lowest BCUT2D eigenvalue weighted by molar-refractivity contribution is 0.0904. The van der Waals surface area contributed by atoms with Crippen LogP contribution in [0.15, 0.2) is 45.3 Å². The summed E-state index contributed by atoms with van der Waals surface area (Å²) >= 11 is 3.45. The molecule has 0 spiro atoms. The number of hydrogen-bond donors (Lipinski definition) is 0. The molecule has 88 valence electrons. The molecule has 2 rings (SSSR count). The third kappa shape index (κ3) is 3.28. The van der Waals surface area contributed by atoms with E-state index in [9.17, 15) is 4.79 Å². The first-order valence-corrected chi connectivity index (χ1v) is 5.94. The lowest BCUT2D eigenvalue weighted by Gasteiger charge is -2.04. The molecule has 0 saturated carbocycles. The van der Waals surface area contributed by atoms with Crippen LogP contribution in [0.5, 0.6) is 0 Å². The van der Waals surface area contributed by atoms with Gasteiger partial charge in [0.2, 0.25) is 0 Å². The standard InChI is InChI=1S/C13H11BrO3/c14-13-4-2-1-3-10(13)8-16-9-12-6-5-11(7-15)17-12/h1-7H,8-9H2. The molecule has 0 fully saturated rings. The van der Waals surface area contributed by atoms with Gasteiger partial charge in [-0.3, -0.25) is 4.79 Å². The number of rotatable bonds is 5. The first-order valence-electron chi connectivity index (χ1n) is 5.14. The molecule has 0 N–H and O–H groups in total. The Bertz CT molecular complexity index is 505. The molecule has 0 aliphatic carbocycles. The smallest absolute Gasteiger partial charge is 0.185 e. The number of carbonyl (C=O) groups excluding carboxylic acids is 1. The maximum atomic E-state index is 10.4. The van der Waals surface area contributed by atoms with Crippen LogP contribution in [0.3, 0.4) is 0 Å². The molecule has 0 saturated heterocycles. The van der Waals surface area contributed by atoms with Crippen LogP contribution in [0.2, 0.25) is 0 Å². The third-order valence-corrected chi connectivity index (χ3v) is 3.03. The highest BCUT2D eigenvalue weighted by atomic mass is 79.9. The fraction of sp³-hybridized carbons (Fsp3) is 0.154. The SMILES string of the molecule is O=Cc1ccc(COCc2ccccc2Br)o1. The van der Waals surface area contributed by atoms with Crippen LogP contribution in [0.25, 0.3) is 0 Å². The Balaban J connectivity index is 1.87. The Kier molecular flexibility index (Phi) is 4.12. The number of benzene rings is 1. The molecule has 2 aromatic rings. The van der Waals surface area contributed by atoms with Crippen molar-refractivity contribution >= 4 is 22.2 Å². The summed E-state index contributed by atoms with van der Waals surface area (Å²) in [5.41, 5.74) is 1.08. The Morgan fingerprint density at radius 3 is 2.71 bits per heavy atom. The fourth-order valence-electron chi connectivity index (χ4n) is 1.41. The minimum atomic E-state index is 0.324. The summed E-state index contributed by atoms with van der Waals surface area (Å²) in [4.78, 5) is 10.4. The molecule has 3 nitrogen and oxygen atoms in total. The summed E-state index contributed by atoms with van der Waals surface area (Å²) in [6.07, 6.45) is 0.678. The highest BCUT2D eigenvalue weighted by Gasteiger charge is 2.02. The molecule has 0 bridgehead atoms. The van der Waals surface area contributed by atoms with Gasteiger partial charge in [-0.05, 0) is 23.8 Å². The Labute approximate surface area is 108 Å². The predicted octanol–water partition coefficient (Wildman–Crippen LogP) is 3.57. The van der Waals surface area contributed by atoms with E-state index >= 15 is 0 Å². The molecule has 4 heteroatoms. The molecule has 0 aliphatic heterocycles. The molecular weight excluding hydrogens is 284 g/mol. The van der Waals surface area contributed by atoms with E-state index in [1.54, 1.807) is 12.1 Å². The molecule has 0 aliphatic rings. The minimum absolute atomic E-state index is 0.324. The van der Waals surface area contributed by atoms with Gasteiger partial charge in [-0.25, -0.2) is 0 Å². The van der Waals surface area contributed by atoms with Gasteiger partial charge in [-0.15, -0.1) is 0 Å². The van der Waals surface area contributed by atoms with Gasteiger partial charge in [0.1, 0.15) is 12.4 Å². The average Bonchev–Trinajstić information content (AvgIpc) is 2.80. The number of halogens is 1. The van der Waals surface area contributed by atoms with Crippen molar-refractivity contribution in [3.05, 3.63) is 58.0 Å². The molecule has 0 radical (unpaired) electrons. The van der Waals surface area contributed by atoms with Crippen LogP contribution in [0, 0.1) is 0 Å². The highest BCUT2D eigenvalue weighted by molar-refractivity contribution is 9.10. The van der Waals surface area contributed by atoms with Crippen molar-refractivity contribution in [2.24, 2.45) is 0 Å². The van der Waals surface area contributed by atoms with E-state index in [0.29, 0.717) is 31.0 Å². The van der Waals surface area contributed by atoms with Crippen LogP contribution in [0.4, 0.5) is 0 Å². The Morgan fingerprint density at radius 1 is 1.18 bits per heavy atom. The van der Waals surface area contributed by atoms with E-state index in [-0.39, 0.29) is 0 Å². The lowest BCUT2D eigenvalue weighted by atomic mass is 10.2. The number of furan rings is 1. The maximum Gasteiger partial charge on any atom is 0.185 e. The third-order valence-electron chi connectivity index (χ3n) is 2.26. The number of aldehydes is 1. The average molecular weight is 295 g/mol. The van der Waals surface area contributed by atoms with Crippen LogP contribution in [-0.4, -0.2) is 6.29 Å². The van der Waals surface area contributed by atoms with E-state index < -0.39 is 0 Å². The minimum Gasteiger partial charge on any atom is -0.456 e. The van der Waals surface area contributed by atoms with E-state index in [1.165, 1.54) is 0 Å². The topological polar surface area (TPSA) is 39.4 Å². The first-order chi connectivity index (χ1) is 8.29. The molecule has 1 aromatic heterocycles. The van der Waals surface area contributed by atoms with Crippen LogP contribution in [0.1, 0.15) is 21.9 Å². The van der Waals surface area contributed by atoms with Crippen molar-refractivity contribution in [3.63, 3.8) is 0 Å². The van der Waals surface area contributed by atoms with E-state index in [1.807, 2.05) is 24.3 Å². The first kappa shape index (κ1) is 12.1. The van der Waals surface area contributed by atoms with Gasteiger partial charge < -0.3 is 9.15 Å². The van der Waals surface area contributed by atoms with E-state index in [0.717, 1.165) is 10.0 Å². The molecule has 1 heterocycles. The zero-order chi connectivity index (χ0) is 12.1. The van der Waals surface area contributed by atoms with Crippen LogP contribution < -0.4 is 0 Å². The maximum absolute atomic E-state index is 10.4. The molecule has 17 heavy (non-hydrogen) atoms. The van der Waals surface area contributed by atoms with Gasteiger partial charge >= 0.3 is 0 Å². The van der Waals surface area contributed by atoms with Gasteiger partial charge in [-0.1, -0.05) is 34.1 Å². The van der Waals surface area contributed by atoms with Gasteiger partial charge in [0.15, 0.2) is 12.0 Å². The van der Waals surface area contributed by atoms with E-state index in [4.69, 9.17) is 9.15 Å². The summed E-state index contributed by atoms with van der Waals surface area (Å²) in [6.45, 7) is 0.855. The molecular formula is C13H11BrO3. The monoisotopic (exact) mass is 294 g/mol. The number of carbonyl (C=O) groups is 1. The fourth-order valence-corrected chi connectivity index (χ4v) is 1.81. The van der Waals surface area contributed by atoms with Crippen molar-refractivity contribution in [3.8, 4) is 0 Å². The Hall–Kier alpha value is -1.39. The molecule has 0 unspecified atom stereocenters. The summed E-state index contributed by atoms with van der Waals surface area (Å²) in [7, 11) is 0. The second-order valence-electron chi connectivity index (χ2n) is 3.51. The van der Waals surface area contributed by atoms with Crippen molar-refractivity contribution in [1.29, 1.82) is 0 Å². The summed E-state index contributed by atoms with van der Waals surface area (Å²) in [6, 6.07) is 11.2. The van der Waals surface area contributed by atoms with Gasteiger partial charge in [0, 0.05) is 4.47 Å². The summed E-state index contributed by atoms with van der Waals surface area (Å²) < 4.78 is 11.7. The normalized spacial score (nSPS) is 10.4. The van der Waals surface area contributed by atoms with Gasteiger partial charge in [-0.2, -0.15) is 0 Å². The number of ether oxygens (including phenoxy) is 1. The second-order valence-corrected chi connectivity index (χ2v) is 4.36. The van der Waals surface area contributed by atoms with Gasteiger partial charge in [0.05, 0.1) is 6.61 Å². The van der Waals surface area contributed by atoms with Crippen molar-refractivity contribution < 1.29 is 13.9 Å². The Morgan fingerprint density at radius 2 is 2.00 bits per heavy atom. The molecule has 1 aromatic carbocycles. The number of hydrogen-bond acceptors (Lipinski definition) is 3. The lowest BCUT2D eigenvalue weighted by Crippen LogP contribution is -1.93. The summed E-state index contributed by atoms with van der Waals surface area (Å²) in [5, 5.41) is 0. The highest BCUT2D eigenvalue weighted by Crippen LogP contribution is 2.17. The van der Waals surface area contributed by atoms with Crippen molar-refractivity contribution in [1.82, 2.24) is 0 Å². The summed E-state index contributed by atoms with van der Waals surface area (Å²) in [5.74, 6) is 0.976. The van der Waals surface area contributed by atoms with Gasteiger partial charge in [0.25, 0.3) is 0 Å². The van der Waals surface area contributed by atoms with Crippen molar-refractivity contribution in [2.45, 2.75) is 13.2 Å². The zero-order valence-electron chi connectivity index (χ0n) is 9.06. The van der Waals surface area contributed by atoms with Crippen molar-refractivity contribution in [2.75, 3.05) is 0 Å². The quantitative estimate of drug-likeness (QED) is 0.792.